The number of carbonyl (C=O) groups is 1. The molecule has 0 fully saturated rings. The Labute approximate surface area is 151 Å². The van der Waals surface area contributed by atoms with E-state index in [-0.39, 0.29) is 5.82 Å². The third-order valence-corrected chi connectivity index (χ3v) is 4.86. The summed E-state index contributed by atoms with van der Waals surface area (Å²) in [5.74, 6) is -0.264. The number of hydrogen-bond donors (Lipinski definition) is 0. The van der Waals surface area contributed by atoms with E-state index in [4.69, 9.17) is 0 Å². The van der Waals surface area contributed by atoms with Gasteiger partial charge in [-0.25, -0.2) is 4.39 Å². The van der Waals surface area contributed by atoms with Gasteiger partial charge in [-0.3, -0.25) is 4.79 Å². The summed E-state index contributed by atoms with van der Waals surface area (Å²) in [4.78, 5) is 11.7. The number of rotatable bonds is 4. The fourth-order valence-corrected chi connectivity index (χ4v) is 3.49. The van der Waals surface area contributed by atoms with Gasteiger partial charge in [0.25, 0.3) is 0 Å². The molecule has 0 aliphatic carbocycles. The molecule has 0 unspecified atom stereocenters. The highest BCUT2D eigenvalue weighted by Crippen LogP contribution is 2.31. The van der Waals surface area contributed by atoms with Crippen molar-refractivity contribution in [3.05, 3.63) is 95.4 Å². The van der Waals surface area contributed by atoms with E-state index >= 15 is 0 Å². The number of benzene rings is 3. The first-order valence-corrected chi connectivity index (χ1v) is 8.56. The minimum Gasteiger partial charge on any atom is -0.340 e. The Morgan fingerprint density at radius 2 is 1.69 bits per heavy atom. The lowest BCUT2D eigenvalue weighted by molar-refractivity contribution is 0.112. The zero-order valence-corrected chi connectivity index (χ0v) is 14.4. The molecular weight excluding hydrogens is 325 g/mol. The summed E-state index contributed by atoms with van der Waals surface area (Å²) >= 11 is 0. The van der Waals surface area contributed by atoms with E-state index < -0.39 is 0 Å². The molecular formula is C23H18FNO. The van der Waals surface area contributed by atoms with E-state index in [0.29, 0.717) is 17.7 Å². The lowest BCUT2D eigenvalue weighted by Gasteiger charge is -2.09. The summed E-state index contributed by atoms with van der Waals surface area (Å²) in [5.41, 5.74) is 5.05. The highest BCUT2D eigenvalue weighted by molar-refractivity contribution is 6.01. The molecule has 1 aromatic heterocycles. The topological polar surface area (TPSA) is 22.0 Å². The molecule has 0 bridgehead atoms. The Kier molecular flexibility index (Phi) is 4.13. The average Bonchev–Trinajstić information content (AvgIpc) is 2.93. The molecule has 0 saturated carbocycles. The number of carbonyl (C=O) groups excluding carboxylic acids is 1. The van der Waals surface area contributed by atoms with Gasteiger partial charge in [-0.05, 0) is 36.2 Å². The third kappa shape index (κ3) is 2.72. The van der Waals surface area contributed by atoms with Crippen LogP contribution in [0.15, 0.2) is 72.8 Å². The van der Waals surface area contributed by atoms with Gasteiger partial charge in [0.2, 0.25) is 0 Å². The fraction of sp³-hybridized carbons (Fsp3) is 0.0870. The van der Waals surface area contributed by atoms with Gasteiger partial charge in [0.05, 0.1) is 0 Å². The second kappa shape index (κ2) is 6.60. The molecule has 1 heterocycles. The van der Waals surface area contributed by atoms with Crippen LogP contribution in [0.4, 0.5) is 4.39 Å². The molecule has 128 valence electrons. The quantitative estimate of drug-likeness (QED) is 0.441. The molecule has 4 aromatic rings. The van der Waals surface area contributed by atoms with Gasteiger partial charge in [0.15, 0.2) is 6.29 Å². The number of aldehydes is 1. The summed E-state index contributed by atoms with van der Waals surface area (Å²) in [6.45, 7) is 2.64. The maximum absolute atomic E-state index is 14.2. The molecule has 0 spiro atoms. The van der Waals surface area contributed by atoms with Gasteiger partial charge in [-0.2, -0.15) is 0 Å². The SMILES string of the molecule is Cc1c(C=O)c2cc(-c3ccccc3F)ccc2n1Cc1ccccc1. The van der Waals surface area contributed by atoms with Crippen LogP contribution in [0, 0.1) is 12.7 Å². The van der Waals surface area contributed by atoms with Gasteiger partial charge in [0, 0.05) is 34.3 Å². The smallest absolute Gasteiger partial charge is 0.152 e. The number of halogens is 1. The van der Waals surface area contributed by atoms with Gasteiger partial charge >= 0.3 is 0 Å². The maximum Gasteiger partial charge on any atom is 0.152 e. The van der Waals surface area contributed by atoms with Crippen molar-refractivity contribution in [2.45, 2.75) is 13.5 Å². The zero-order chi connectivity index (χ0) is 18.1. The summed E-state index contributed by atoms with van der Waals surface area (Å²) < 4.78 is 16.3. The summed E-state index contributed by atoms with van der Waals surface area (Å²) in [6.07, 6.45) is 0.893. The van der Waals surface area contributed by atoms with Crippen LogP contribution in [0.2, 0.25) is 0 Å². The first-order valence-electron chi connectivity index (χ1n) is 8.56. The molecule has 3 aromatic carbocycles. The molecule has 3 heteroatoms. The second-order valence-electron chi connectivity index (χ2n) is 6.40. The maximum atomic E-state index is 14.2. The monoisotopic (exact) mass is 343 g/mol. The van der Waals surface area contributed by atoms with E-state index in [2.05, 4.69) is 16.7 Å². The van der Waals surface area contributed by atoms with Crippen molar-refractivity contribution in [3.63, 3.8) is 0 Å². The van der Waals surface area contributed by atoms with E-state index in [1.807, 2.05) is 49.4 Å². The normalized spacial score (nSPS) is 11.0. The van der Waals surface area contributed by atoms with Gasteiger partial charge < -0.3 is 4.57 Å². The summed E-state index contributed by atoms with van der Waals surface area (Å²) in [6, 6.07) is 22.6. The Morgan fingerprint density at radius 1 is 0.962 bits per heavy atom. The molecule has 0 atom stereocenters. The van der Waals surface area contributed by atoms with E-state index in [0.717, 1.165) is 28.4 Å². The predicted molar refractivity (Wildman–Crippen MR) is 103 cm³/mol. The minimum atomic E-state index is -0.264. The van der Waals surface area contributed by atoms with Crippen LogP contribution in [-0.2, 0) is 6.54 Å². The van der Waals surface area contributed by atoms with Gasteiger partial charge in [-0.1, -0.05) is 54.6 Å². The van der Waals surface area contributed by atoms with Crippen LogP contribution >= 0.6 is 0 Å². The molecule has 0 aliphatic heterocycles. The second-order valence-corrected chi connectivity index (χ2v) is 6.40. The highest BCUT2D eigenvalue weighted by Gasteiger charge is 2.15. The van der Waals surface area contributed by atoms with Crippen molar-refractivity contribution < 1.29 is 9.18 Å². The van der Waals surface area contributed by atoms with Crippen molar-refractivity contribution in [2.75, 3.05) is 0 Å². The van der Waals surface area contributed by atoms with Crippen molar-refractivity contribution >= 4 is 17.2 Å². The summed E-state index contributed by atoms with van der Waals surface area (Å²) in [7, 11) is 0. The van der Waals surface area contributed by atoms with Crippen LogP contribution in [0.1, 0.15) is 21.6 Å². The Morgan fingerprint density at radius 3 is 2.42 bits per heavy atom. The fourth-order valence-electron chi connectivity index (χ4n) is 3.49. The van der Waals surface area contributed by atoms with Crippen molar-refractivity contribution in [1.29, 1.82) is 0 Å². The average molecular weight is 343 g/mol. The Bertz CT molecular complexity index is 1100. The molecule has 0 amide bonds. The number of nitrogens with zero attached hydrogens (tertiary/aromatic N) is 1. The Balaban J connectivity index is 1.89. The highest BCUT2D eigenvalue weighted by atomic mass is 19.1. The molecule has 2 nitrogen and oxygen atoms in total. The van der Waals surface area contributed by atoms with Crippen molar-refractivity contribution in [3.8, 4) is 11.1 Å². The standard InChI is InChI=1S/C23H18FNO/c1-16-21(15-26)20-13-18(19-9-5-6-10-22(19)24)11-12-23(20)25(16)14-17-7-3-2-4-8-17/h2-13,15H,14H2,1H3. The molecule has 4 rings (SSSR count). The van der Waals surface area contributed by atoms with Crippen LogP contribution in [-0.4, -0.2) is 10.9 Å². The van der Waals surface area contributed by atoms with Gasteiger partial charge in [-0.15, -0.1) is 0 Å². The summed E-state index contributed by atoms with van der Waals surface area (Å²) in [5, 5.41) is 0.856. The van der Waals surface area contributed by atoms with Crippen molar-refractivity contribution in [1.82, 2.24) is 4.57 Å². The lowest BCUT2D eigenvalue weighted by Crippen LogP contribution is -2.02. The van der Waals surface area contributed by atoms with Crippen LogP contribution < -0.4 is 0 Å². The van der Waals surface area contributed by atoms with Crippen LogP contribution in [0.25, 0.3) is 22.0 Å². The molecule has 0 N–H and O–H groups in total. The molecule has 0 aliphatic rings. The number of fused-ring (bicyclic) bond motifs is 1. The first kappa shape index (κ1) is 16.3. The molecule has 26 heavy (non-hydrogen) atoms. The number of hydrogen-bond acceptors (Lipinski definition) is 1. The Hall–Kier alpha value is -3.20. The first-order chi connectivity index (χ1) is 12.7. The van der Waals surface area contributed by atoms with Crippen LogP contribution in [0.5, 0.6) is 0 Å². The predicted octanol–water partition coefficient (Wildman–Crippen LogP) is 5.62. The third-order valence-electron chi connectivity index (χ3n) is 4.86. The van der Waals surface area contributed by atoms with Gasteiger partial charge in [0.1, 0.15) is 5.82 Å². The minimum absolute atomic E-state index is 0.264. The zero-order valence-electron chi connectivity index (χ0n) is 14.4. The number of aromatic nitrogens is 1. The van der Waals surface area contributed by atoms with E-state index in [1.54, 1.807) is 12.1 Å². The lowest BCUT2D eigenvalue weighted by atomic mass is 10.0. The largest absolute Gasteiger partial charge is 0.340 e. The van der Waals surface area contributed by atoms with E-state index in [9.17, 15) is 9.18 Å². The van der Waals surface area contributed by atoms with Crippen molar-refractivity contribution in [2.24, 2.45) is 0 Å². The van der Waals surface area contributed by atoms with Crippen LogP contribution in [0.3, 0.4) is 0 Å². The van der Waals surface area contributed by atoms with E-state index in [1.165, 1.54) is 11.6 Å². The molecule has 0 radical (unpaired) electrons. The molecule has 0 saturated heterocycles.